The first kappa shape index (κ1) is 20.6. The van der Waals surface area contributed by atoms with Gasteiger partial charge in [-0.05, 0) is 31.4 Å². The van der Waals surface area contributed by atoms with Gasteiger partial charge in [-0.25, -0.2) is 13.1 Å². The number of hydrogen-bond acceptors (Lipinski definition) is 5. The topological polar surface area (TPSA) is 103 Å². The second-order valence-electron chi connectivity index (χ2n) is 6.77. The highest BCUT2D eigenvalue weighted by molar-refractivity contribution is 7.88. The molecule has 0 aliphatic carbocycles. The van der Waals surface area contributed by atoms with E-state index in [4.69, 9.17) is 0 Å². The molecule has 1 atom stereocenters. The van der Waals surface area contributed by atoms with Crippen LogP contribution in [0.5, 0.6) is 0 Å². The van der Waals surface area contributed by atoms with Gasteiger partial charge < -0.3 is 15.7 Å². The van der Waals surface area contributed by atoms with Crippen molar-refractivity contribution >= 4 is 37.4 Å². The van der Waals surface area contributed by atoms with Crippen LogP contribution in [0.15, 0.2) is 35.3 Å². The van der Waals surface area contributed by atoms with E-state index in [0.717, 1.165) is 21.2 Å². The minimum atomic E-state index is -3.30. The summed E-state index contributed by atoms with van der Waals surface area (Å²) in [6.07, 6.45) is 0.469. The van der Waals surface area contributed by atoms with Crippen molar-refractivity contribution in [1.29, 1.82) is 0 Å². The molecule has 9 heteroatoms. The molecule has 1 aromatic carbocycles. The zero-order valence-corrected chi connectivity index (χ0v) is 17.0. The zero-order chi connectivity index (χ0) is 19.4. The fraction of sp³-hybridized carbons (Fsp3) is 0.471. The molecule has 1 unspecified atom stereocenters. The Kier molecular flexibility index (Phi) is 6.62. The van der Waals surface area contributed by atoms with Crippen molar-refractivity contribution in [3.63, 3.8) is 0 Å². The van der Waals surface area contributed by atoms with Gasteiger partial charge in [0.25, 0.3) is 0 Å². The van der Waals surface area contributed by atoms with Crippen LogP contribution in [-0.2, 0) is 10.0 Å². The van der Waals surface area contributed by atoms with Crippen molar-refractivity contribution in [2.45, 2.75) is 25.5 Å². The Morgan fingerprint density at radius 1 is 1.31 bits per heavy atom. The van der Waals surface area contributed by atoms with Gasteiger partial charge in [0.1, 0.15) is 6.10 Å². The lowest BCUT2D eigenvalue weighted by atomic mass is 10.1. The van der Waals surface area contributed by atoms with Crippen LogP contribution in [0.4, 0.5) is 0 Å². The maximum absolute atomic E-state index is 11.4. The Morgan fingerprint density at radius 3 is 2.62 bits per heavy atom. The first-order valence-electron chi connectivity index (χ1n) is 8.20. The first-order chi connectivity index (χ1) is 12.1. The molecule has 0 aliphatic heterocycles. The number of sulfonamides is 1. The molecule has 0 fully saturated rings. The van der Waals surface area contributed by atoms with Gasteiger partial charge in [-0.15, -0.1) is 11.3 Å². The molecule has 2 rings (SSSR count). The molecule has 4 N–H and O–H groups in total. The monoisotopic (exact) mass is 398 g/mol. The summed E-state index contributed by atoms with van der Waals surface area (Å²) in [7, 11) is -1.68. The van der Waals surface area contributed by atoms with Gasteiger partial charge in [0.05, 0.1) is 6.26 Å². The van der Waals surface area contributed by atoms with Crippen LogP contribution in [0.2, 0.25) is 0 Å². The Morgan fingerprint density at radius 2 is 2.00 bits per heavy atom. The average molecular weight is 399 g/mol. The summed E-state index contributed by atoms with van der Waals surface area (Å²) in [6.45, 7) is 4.20. The third-order valence-corrected chi connectivity index (χ3v) is 5.76. The molecule has 144 valence electrons. The number of aliphatic hydroxyl groups excluding tert-OH is 1. The van der Waals surface area contributed by atoms with E-state index in [2.05, 4.69) is 20.3 Å². The van der Waals surface area contributed by atoms with E-state index in [1.54, 1.807) is 32.2 Å². The molecule has 2 aromatic rings. The van der Waals surface area contributed by atoms with Crippen LogP contribution < -0.4 is 15.4 Å². The van der Waals surface area contributed by atoms with Gasteiger partial charge in [-0.1, -0.05) is 18.2 Å². The van der Waals surface area contributed by atoms with E-state index in [1.807, 2.05) is 30.3 Å². The molecule has 7 nitrogen and oxygen atoms in total. The van der Waals surface area contributed by atoms with Crippen LogP contribution in [-0.4, -0.2) is 51.4 Å². The van der Waals surface area contributed by atoms with Crippen molar-refractivity contribution in [2.75, 3.05) is 26.4 Å². The van der Waals surface area contributed by atoms with Crippen LogP contribution >= 0.6 is 11.3 Å². The fourth-order valence-corrected chi connectivity index (χ4v) is 4.65. The number of aliphatic hydroxyl groups is 1. The normalized spacial score (nSPS) is 14.4. The van der Waals surface area contributed by atoms with E-state index >= 15 is 0 Å². The predicted octanol–water partition coefficient (Wildman–Crippen LogP) is 1.43. The van der Waals surface area contributed by atoms with Crippen LogP contribution in [0, 0.1) is 0 Å². The molecule has 1 aromatic heterocycles. The van der Waals surface area contributed by atoms with E-state index in [1.165, 1.54) is 0 Å². The van der Waals surface area contributed by atoms with Crippen LogP contribution in [0.25, 0.3) is 10.1 Å². The van der Waals surface area contributed by atoms with Crippen molar-refractivity contribution in [3.8, 4) is 0 Å². The fourth-order valence-electron chi connectivity index (χ4n) is 2.52. The summed E-state index contributed by atoms with van der Waals surface area (Å²) in [4.78, 5) is 4.99. The van der Waals surface area contributed by atoms with Crippen molar-refractivity contribution in [2.24, 2.45) is 4.99 Å². The quantitative estimate of drug-likeness (QED) is 0.417. The van der Waals surface area contributed by atoms with Crippen molar-refractivity contribution in [3.05, 3.63) is 35.2 Å². The summed E-state index contributed by atoms with van der Waals surface area (Å²) in [5.41, 5.74) is -0.671. The predicted molar refractivity (Wildman–Crippen MR) is 108 cm³/mol. The number of guanidine groups is 1. The van der Waals surface area contributed by atoms with Gasteiger partial charge >= 0.3 is 0 Å². The van der Waals surface area contributed by atoms with Crippen molar-refractivity contribution in [1.82, 2.24) is 15.4 Å². The number of rotatable bonds is 7. The summed E-state index contributed by atoms with van der Waals surface area (Å²) >= 11 is 1.56. The number of thiophene rings is 1. The summed E-state index contributed by atoms with van der Waals surface area (Å²) < 4.78 is 26.5. The maximum atomic E-state index is 11.4. The van der Waals surface area contributed by atoms with Crippen LogP contribution in [0.1, 0.15) is 24.8 Å². The van der Waals surface area contributed by atoms with E-state index in [-0.39, 0.29) is 0 Å². The Bertz CT molecular complexity index is 842. The number of nitrogens with one attached hydrogen (secondary N) is 3. The molecular formula is C17H26N4O3S2. The third-order valence-electron chi connectivity index (χ3n) is 3.62. The second-order valence-corrected chi connectivity index (χ2v) is 9.63. The van der Waals surface area contributed by atoms with E-state index in [0.29, 0.717) is 19.0 Å². The lowest BCUT2D eigenvalue weighted by Crippen LogP contribution is -2.53. The smallest absolute Gasteiger partial charge is 0.209 e. The molecule has 0 bridgehead atoms. The highest BCUT2D eigenvalue weighted by Gasteiger charge is 2.22. The molecule has 0 saturated carbocycles. The number of fused-ring (bicyclic) bond motifs is 1. The largest absolute Gasteiger partial charge is 0.386 e. The SMILES string of the molecule is CN=C(NCC(O)c1cc2ccccc2s1)NCC(C)(C)NS(C)(=O)=O. The lowest BCUT2D eigenvalue weighted by Gasteiger charge is -2.26. The first-order valence-corrected chi connectivity index (χ1v) is 10.9. The number of hydrogen-bond donors (Lipinski definition) is 4. The zero-order valence-electron chi connectivity index (χ0n) is 15.4. The average Bonchev–Trinajstić information content (AvgIpc) is 2.96. The molecule has 26 heavy (non-hydrogen) atoms. The van der Waals surface area contributed by atoms with Gasteiger partial charge in [-0.2, -0.15) is 0 Å². The Labute approximate surface area is 158 Å². The molecular weight excluding hydrogens is 372 g/mol. The Balaban J connectivity index is 1.90. The van der Waals surface area contributed by atoms with Gasteiger partial charge in [0.2, 0.25) is 10.0 Å². The molecule has 0 amide bonds. The molecule has 0 aliphatic rings. The van der Waals surface area contributed by atoms with E-state index < -0.39 is 21.7 Å². The number of benzene rings is 1. The Hall–Kier alpha value is -1.68. The highest BCUT2D eigenvalue weighted by Crippen LogP contribution is 2.29. The second kappa shape index (κ2) is 8.34. The highest BCUT2D eigenvalue weighted by atomic mass is 32.2. The lowest BCUT2D eigenvalue weighted by molar-refractivity contribution is 0.184. The molecule has 0 saturated heterocycles. The minimum Gasteiger partial charge on any atom is -0.386 e. The van der Waals surface area contributed by atoms with Crippen LogP contribution in [0.3, 0.4) is 0 Å². The van der Waals surface area contributed by atoms with Crippen molar-refractivity contribution < 1.29 is 13.5 Å². The standard InChI is InChI=1S/C17H26N4O3S2/c1-17(2,21-26(4,23)24)11-20-16(18-3)19-10-13(22)15-9-12-7-5-6-8-14(12)25-15/h5-9,13,21-22H,10-11H2,1-4H3,(H2,18,19,20). The van der Waals surface area contributed by atoms with Gasteiger partial charge in [-0.3, -0.25) is 4.99 Å². The number of aliphatic imine (C=N–C) groups is 1. The summed E-state index contributed by atoms with van der Waals surface area (Å²) in [5.74, 6) is 0.494. The summed E-state index contributed by atoms with van der Waals surface area (Å²) in [6, 6.07) is 9.99. The van der Waals surface area contributed by atoms with Gasteiger partial charge in [0.15, 0.2) is 5.96 Å². The summed E-state index contributed by atoms with van der Waals surface area (Å²) in [5, 5.41) is 17.7. The molecule has 0 spiro atoms. The number of nitrogens with zero attached hydrogens (tertiary/aromatic N) is 1. The van der Waals surface area contributed by atoms with Gasteiger partial charge in [0, 0.05) is 35.3 Å². The third kappa shape index (κ3) is 6.24. The molecule has 1 heterocycles. The molecule has 0 radical (unpaired) electrons. The maximum Gasteiger partial charge on any atom is 0.209 e. The minimum absolute atomic E-state index is 0.298. The van der Waals surface area contributed by atoms with E-state index in [9.17, 15) is 13.5 Å².